The molecule has 2 rings (SSSR count). The fraction of sp³-hybridized carbons (Fsp3) is 0.636. The lowest BCUT2D eigenvalue weighted by Gasteiger charge is -2.22. The van der Waals surface area contributed by atoms with Gasteiger partial charge in [-0.25, -0.2) is 9.97 Å². The molecule has 0 aromatic carbocycles. The van der Waals surface area contributed by atoms with Crippen molar-refractivity contribution in [2.45, 2.75) is 38.6 Å². The molecule has 3 heteroatoms. The van der Waals surface area contributed by atoms with Crippen LogP contribution in [0.3, 0.4) is 0 Å². The van der Waals surface area contributed by atoms with Gasteiger partial charge in [-0.05, 0) is 25.5 Å². The molecule has 0 amide bonds. The van der Waals surface area contributed by atoms with E-state index in [0.717, 1.165) is 24.5 Å². The van der Waals surface area contributed by atoms with Gasteiger partial charge in [-0.15, -0.1) is 0 Å². The van der Waals surface area contributed by atoms with E-state index in [-0.39, 0.29) is 0 Å². The largest absolute Gasteiger partial charge is 0.309 e. The summed E-state index contributed by atoms with van der Waals surface area (Å²) in [5.41, 5.74) is 1.16. The third-order valence-electron chi connectivity index (χ3n) is 2.71. The van der Waals surface area contributed by atoms with Crippen LogP contribution in [0.15, 0.2) is 12.3 Å². The summed E-state index contributed by atoms with van der Waals surface area (Å²) >= 11 is 0. The summed E-state index contributed by atoms with van der Waals surface area (Å²) in [5, 5.41) is 3.50. The Morgan fingerprint density at radius 2 is 2.43 bits per heavy atom. The van der Waals surface area contributed by atoms with Gasteiger partial charge in [0.05, 0.1) is 5.69 Å². The fourth-order valence-corrected chi connectivity index (χ4v) is 1.88. The van der Waals surface area contributed by atoms with Gasteiger partial charge in [0.25, 0.3) is 0 Å². The molecular weight excluding hydrogens is 174 g/mol. The first-order valence-electron chi connectivity index (χ1n) is 5.45. The third kappa shape index (κ3) is 2.10. The second-order valence-electron chi connectivity index (χ2n) is 3.75. The Labute approximate surface area is 85.0 Å². The molecule has 14 heavy (non-hydrogen) atoms. The van der Waals surface area contributed by atoms with Crippen molar-refractivity contribution in [2.75, 3.05) is 6.54 Å². The highest BCUT2D eigenvalue weighted by molar-refractivity contribution is 5.08. The molecular formula is C11H17N3. The summed E-state index contributed by atoms with van der Waals surface area (Å²) in [4.78, 5) is 8.76. The first-order valence-corrected chi connectivity index (χ1v) is 5.45. The van der Waals surface area contributed by atoms with Crippen molar-refractivity contribution in [3.05, 3.63) is 23.8 Å². The predicted molar refractivity (Wildman–Crippen MR) is 56.0 cm³/mol. The van der Waals surface area contributed by atoms with Crippen LogP contribution in [0, 0.1) is 0 Å². The topological polar surface area (TPSA) is 37.8 Å². The SMILES string of the molecule is CCc1nccc(C2CCCCN2)n1. The van der Waals surface area contributed by atoms with E-state index in [9.17, 15) is 0 Å². The number of hydrogen-bond acceptors (Lipinski definition) is 3. The predicted octanol–water partition coefficient (Wildman–Crippen LogP) is 1.85. The molecule has 1 aliphatic rings. The van der Waals surface area contributed by atoms with Crippen molar-refractivity contribution in [1.82, 2.24) is 15.3 Å². The first kappa shape index (κ1) is 9.59. The minimum absolute atomic E-state index is 0.456. The first-order chi connectivity index (χ1) is 6.90. The quantitative estimate of drug-likeness (QED) is 0.775. The molecule has 0 radical (unpaired) electrons. The zero-order valence-electron chi connectivity index (χ0n) is 8.66. The van der Waals surface area contributed by atoms with Crippen molar-refractivity contribution in [1.29, 1.82) is 0 Å². The molecule has 1 aliphatic heterocycles. The standard InChI is InChI=1S/C11H17N3/c1-2-11-13-8-6-10(14-11)9-5-3-4-7-12-9/h6,8-9,12H,2-5,7H2,1H3. The summed E-state index contributed by atoms with van der Waals surface area (Å²) in [5.74, 6) is 0.954. The smallest absolute Gasteiger partial charge is 0.128 e. The number of aromatic nitrogens is 2. The van der Waals surface area contributed by atoms with Crippen molar-refractivity contribution in [2.24, 2.45) is 0 Å². The van der Waals surface area contributed by atoms with Gasteiger partial charge in [0.1, 0.15) is 5.82 Å². The van der Waals surface area contributed by atoms with Crippen molar-refractivity contribution in [3.8, 4) is 0 Å². The lowest BCUT2D eigenvalue weighted by Crippen LogP contribution is -2.27. The van der Waals surface area contributed by atoms with Crippen LogP contribution in [-0.2, 0) is 6.42 Å². The van der Waals surface area contributed by atoms with Crippen LogP contribution in [0.4, 0.5) is 0 Å². The average molecular weight is 191 g/mol. The van der Waals surface area contributed by atoms with Crippen LogP contribution >= 0.6 is 0 Å². The molecule has 3 nitrogen and oxygen atoms in total. The third-order valence-corrected chi connectivity index (χ3v) is 2.71. The normalized spacial score (nSPS) is 22.2. The molecule has 0 aliphatic carbocycles. The Balaban J connectivity index is 2.13. The molecule has 0 spiro atoms. The highest BCUT2D eigenvalue weighted by atomic mass is 15.0. The van der Waals surface area contributed by atoms with Crippen LogP contribution in [-0.4, -0.2) is 16.5 Å². The minimum atomic E-state index is 0.456. The maximum absolute atomic E-state index is 4.54. The second kappa shape index (κ2) is 4.51. The van der Waals surface area contributed by atoms with E-state index >= 15 is 0 Å². The zero-order valence-corrected chi connectivity index (χ0v) is 8.66. The summed E-state index contributed by atoms with van der Waals surface area (Å²) in [6.07, 6.45) is 6.60. The van der Waals surface area contributed by atoms with Crippen LogP contribution in [0.2, 0.25) is 0 Å². The van der Waals surface area contributed by atoms with Gasteiger partial charge in [0, 0.05) is 18.7 Å². The molecule has 2 heterocycles. The van der Waals surface area contributed by atoms with E-state index in [1.54, 1.807) is 0 Å². The molecule has 1 unspecified atom stereocenters. The second-order valence-corrected chi connectivity index (χ2v) is 3.75. The Bertz CT molecular complexity index is 292. The van der Waals surface area contributed by atoms with E-state index in [2.05, 4.69) is 22.2 Å². The van der Waals surface area contributed by atoms with Crippen LogP contribution in [0.25, 0.3) is 0 Å². The molecule has 1 N–H and O–H groups in total. The maximum atomic E-state index is 4.54. The van der Waals surface area contributed by atoms with E-state index in [1.165, 1.54) is 19.3 Å². The Morgan fingerprint density at radius 3 is 3.14 bits per heavy atom. The molecule has 1 atom stereocenters. The van der Waals surface area contributed by atoms with Crippen LogP contribution in [0.1, 0.15) is 43.7 Å². The highest BCUT2D eigenvalue weighted by Crippen LogP contribution is 2.20. The Hall–Kier alpha value is -0.960. The number of hydrogen-bond donors (Lipinski definition) is 1. The summed E-state index contributed by atoms with van der Waals surface area (Å²) in [6, 6.07) is 2.49. The summed E-state index contributed by atoms with van der Waals surface area (Å²) in [7, 11) is 0. The molecule has 1 fully saturated rings. The van der Waals surface area contributed by atoms with Gasteiger partial charge in [-0.3, -0.25) is 0 Å². The van der Waals surface area contributed by atoms with Gasteiger partial charge in [0.15, 0.2) is 0 Å². The zero-order chi connectivity index (χ0) is 9.80. The molecule has 0 saturated carbocycles. The average Bonchev–Trinajstić information content (AvgIpc) is 2.30. The number of nitrogens with one attached hydrogen (secondary N) is 1. The molecule has 76 valence electrons. The van der Waals surface area contributed by atoms with Crippen molar-refractivity contribution >= 4 is 0 Å². The molecule has 0 bridgehead atoms. The maximum Gasteiger partial charge on any atom is 0.128 e. The lowest BCUT2D eigenvalue weighted by atomic mass is 10.0. The van der Waals surface area contributed by atoms with Crippen molar-refractivity contribution in [3.63, 3.8) is 0 Å². The van der Waals surface area contributed by atoms with Gasteiger partial charge in [-0.2, -0.15) is 0 Å². The van der Waals surface area contributed by atoms with Gasteiger partial charge >= 0.3 is 0 Å². The number of piperidine rings is 1. The van der Waals surface area contributed by atoms with Gasteiger partial charge < -0.3 is 5.32 Å². The monoisotopic (exact) mass is 191 g/mol. The number of rotatable bonds is 2. The van der Waals surface area contributed by atoms with Gasteiger partial charge in [-0.1, -0.05) is 13.3 Å². The molecule has 1 saturated heterocycles. The minimum Gasteiger partial charge on any atom is -0.309 e. The van der Waals surface area contributed by atoms with Crippen LogP contribution < -0.4 is 5.32 Å². The highest BCUT2D eigenvalue weighted by Gasteiger charge is 2.15. The Morgan fingerprint density at radius 1 is 1.50 bits per heavy atom. The van der Waals surface area contributed by atoms with Gasteiger partial charge in [0.2, 0.25) is 0 Å². The van der Waals surface area contributed by atoms with E-state index in [1.807, 2.05) is 12.3 Å². The van der Waals surface area contributed by atoms with E-state index in [4.69, 9.17) is 0 Å². The van der Waals surface area contributed by atoms with E-state index in [0.29, 0.717) is 6.04 Å². The molecule has 1 aromatic heterocycles. The lowest BCUT2D eigenvalue weighted by molar-refractivity contribution is 0.404. The summed E-state index contributed by atoms with van der Waals surface area (Å²) < 4.78 is 0. The van der Waals surface area contributed by atoms with Crippen LogP contribution in [0.5, 0.6) is 0 Å². The van der Waals surface area contributed by atoms with Crippen molar-refractivity contribution < 1.29 is 0 Å². The Kier molecular flexibility index (Phi) is 3.09. The number of nitrogens with zero attached hydrogens (tertiary/aromatic N) is 2. The van der Waals surface area contributed by atoms with E-state index < -0.39 is 0 Å². The summed E-state index contributed by atoms with van der Waals surface area (Å²) in [6.45, 7) is 3.21. The fourth-order valence-electron chi connectivity index (χ4n) is 1.88. The molecule has 1 aromatic rings. The number of aryl methyl sites for hydroxylation is 1.